The summed E-state index contributed by atoms with van der Waals surface area (Å²) in [6.45, 7) is 2.13. The number of rotatable bonds is 0. The van der Waals surface area contributed by atoms with Gasteiger partial charge < -0.3 is 0 Å². The van der Waals surface area contributed by atoms with Crippen LogP contribution in [0.25, 0.3) is 0 Å². The zero-order valence-corrected chi connectivity index (χ0v) is 10.1. The van der Waals surface area contributed by atoms with Crippen molar-refractivity contribution in [1.82, 2.24) is 0 Å². The second-order valence-electron chi connectivity index (χ2n) is 6.45. The van der Waals surface area contributed by atoms with Crippen LogP contribution >= 0.6 is 0 Å². The number of carbonyl (C=O) groups is 2. The van der Waals surface area contributed by atoms with E-state index in [1.54, 1.807) is 0 Å². The van der Waals surface area contributed by atoms with Crippen molar-refractivity contribution in [2.75, 3.05) is 0 Å². The molecule has 0 aromatic rings. The maximum Gasteiger partial charge on any atom is 0.142 e. The average molecular weight is 220 g/mol. The highest BCUT2D eigenvalue weighted by Gasteiger charge is 2.58. The van der Waals surface area contributed by atoms with Crippen LogP contribution in [0.4, 0.5) is 0 Å². The second-order valence-corrected chi connectivity index (χ2v) is 6.45. The first-order valence-corrected chi connectivity index (χ1v) is 6.62. The lowest BCUT2D eigenvalue weighted by Gasteiger charge is -2.46. The molecule has 0 radical (unpaired) electrons. The summed E-state index contributed by atoms with van der Waals surface area (Å²) in [7, 11) is 0. The number of Topliss-reactive ketones (excluding diaryl/α,β-unsaturated/α-hetero) is 2. The zero-order chi connectivity index (χ0) is 11.4. The summed E-state index contributed by atoms with van der Waals surface area (Å²) in [4.78, 5) is 24.1. The average Bonchev–Trinajstić information content (AvgIpc) is 2.46. The summed E-state index contributed by atoms with van der Waals surface area (Å²) in [6.07, 6.45) is 7.82. The molecule has 88 valence electrons. The molecule has 0 heterocycles. The maximum atomic E-state index is 12.4. The summed E-state index contributed by atoms with van der Waals surface area (Å²) in [5.41, 5.74) is 0.0544. The normalized spacial score (nSPS) is 47.7. The van der Waals surface area contributed by atoms with Crippen LogP contribution in [0.2, 0.25) is 0 Å². The molecule has 0 saturated heterocycles. The van der Waals surface area contributed by atoms with Gasteiger partial charge in [0.1, 0.15) is 11.6 Å². The molecule has 0 aromatic carbocycles. The van der Waals surface area contributed by atoms with Crippen LogP contribution < -0.4 is 0 Å². The van der Waals surface area contributed by atoms with Gasteiger partial charge in [-0.15, -0.1) is 0 Å². The van der Waals surface area contributed by atoms with Crippen LogP contribution in [0.3, 0.4) is 0 Å². The van der Waals surface area contributed by atoms with Crippen molar-refractivity contribution in [3.8, 4) is 0 Å². The third kappa shape index (κ3) is 1.25. The summed E-state index contributed by atoms with van der Waals surface area (Å²) in [5.74, 6) is 1.10. The van der Waals surface area contributed by atoms with Gasteiger partial charge in [-0.1, -0.05) is 6.92 Å². The highest BCUT2D eigenvalue weighted by Crippen LogP contribution is 2.60. The van der Waals surface area contributed by atoms with E-state index in [1.165, 1.54) is 0 Å². The van der Waals surface area contributed by atoms with Crippen molar-refractivity contribution >= 4 is 11.6 Å². The smallest absolute Gasteiger partial charge is 0.142 e. The molecule has 3 saturated carbocycles. The molecule has 0 aromatic heterocycles. The van der Waals surface area contributed by atoms with E-state index in [1.807, 2.05) is 0 Å². The topological polar surface area (TPSA) is 34.1 Å². The number of carbonyl (C=O) groups excluding carboxylic acids is 2. The third-order valence-corrected chi connectivity index (χ3v) is 5.49. The van der Waals surface area contributed by atoms with Crippen LogP contribution in [0.1, 0.15) is 58.3 Å². The number of hydrogen-bond donors (Lipinski definition) is 0. The van der Waals surface area contributed by atoms with Crippen LogP contribution in [0.15, 0.2) is 0 Å². The molecule has 2 bridgehead atoms. The van der Waals surface area contributed by atoms with Crippen molar-refractivity contribution in [3.63, 3.8) is 0 Å². The Labute approximate surface area is 96.8 Å². The van der Waals surface area contributed by atoms with Gasteiger partial charge in [-0.25, -0.2) is 0 Å². The van der Waals surface area contributed by atoms with Gasteiger partial charge in [0.2, 0.25) is 0 Å². The Balaban J connectivity index is 1.93. The standard InChI is InChI=1S/C14H20O2/c1-13-6-4-11(12(13)16)14(8-7-13)5-2-3-10(15)9-14/h11H,2-9H2,1H3. The Bertz CT molecular complexity index is 360. The Hall–Kier alpha value is -0.660. The largest absolute Gasteiger partial charge is 0.300 e. The molecule has 3 atom stereocenters. The van der Waals surface area contributed by atoms with E-state index in [0.717, 1.165) is 44.9 Å². The molecule has 3 aliphatic carbocycles. The van der Waals surface area contributed by atoms with Gasteiger partial charge in [-0.05, 0) is 43.9 Å². The summed E-state index contributed by atoms with van der Waals surface area (Å²) >= 11 is 0. The molecule has 16 heavy (non-hydrogen) atoms. The van der Waals surface area contributed by atoms with Gasteiger partial charge in [-0.3, -0.25) is 9.59 Å². The molecule has 0 aliphatic heterocycles. The molecule has 3 rings (SSSR count). The predicted octanol–water partition coefficient (Wildman–Crippen LogP) is 2.90. The van der Waals surface area contributed by atoms with Crippen LogP contribution in [0.5, 0.6) is 0 Å². The van der Waals surface area contributed by atoms with Gasteiger partial charge >= 0.3 is 0 Å². The van der Waals surface area contributed by atoms with E-state index in [9.17, 15) is 9.59 Å². The molecule has 3 unspecified atom stereocenters. The molecule has 3 fully saturated rings. The number of fused-ring (bicyclic) bond motifs is 3. The molecule has 2 nitrogen and oxygen atoms in total. The van der Waals surface area contributed by atoms with E-state index in [4.69, 9.17) is 0 Å². The summed E-state index contributed by atoms with van der Waals surface area (Å²) < 4.78 is 0. The first-order valence-electron chi connectivity index (χ1n) is 6.62. The molecule has 2 heteroatoms. The fraction of sp³-hybridized carbons (Fsp3) is 0.857. The Morgan fingerprint density at radius 1 is 1.12 bits per heavy atom. The monoisotopic (exact) mass is 220 g/mol. The quantitative estimate of drug-likeness (QED) is 0.629. The van der Waals surface area contributed by atoms with E-state index >= 15 is 0 Å². The van der Waals surface area contributed by atoms with E-state index in [0.29, 0.717) is 18.0 Å². The highest BCUT2D eigenvalue weighted by atomic mass is 16.1. The lowest BCUT2D eigenvalue weighted by atomic mass is 9.57. The Morgan fingerprint density at radius 2 is 1.94 bits per heavy atom. The summed E-state index contributed by atoms with van der Waals surface area (Å²) in [5, 5.41) is 0. The Morgan fingerprint density at radius 3 is 2.69 bits per heavy atom. The van der Waals surface area contributed by atoms with Gasteiger partial charge in [0.25, 0.3) is 0 Å². The molecule has 0 N–H and O–H groups in total. The Kier molecular flexibility index (Phi) is 2.08. The minimum atomic E-state index is -0.0313. The fourth-order valence-electron chi connectivity index (χ4n) is 4.39. The number of ketones is 2. The molecule has 1 spiro atoms. The van der Waals surface area contributed by atoms with Crippen LogP contribution in [-0.2, 0) is 9.59 Å². The molecule has 0 amide bonds. The van der Waals surface area contributed by atoms with Gasteiger partial charge in [0.15, 0.2) is 0 Å². The predicted molar refractivity (Wildman–Crippen MR) is 61.0 cm³/mol. The van der Waals surface area contributed by atoms with Gasteiger partial charge in [-0.2, -0.15) is 0 Å². The first-order chi connectivity index (χ1) is 7.56. The van der Waals surface area contributed by atoms with Crippen molar-refractivity contribution < 1.29 is 9.59 Å². The van der Waals surface area contributed by atoms with Crippen molar-refractivity contribution in [2.45, 2.75) is 58.3 Å². The van der Waals surface area contributed by atoms with Crippen LogP contribution in [0, 0.1) is 16.7 Å². The second kappa shape index (κ2) is 3.18. The van der Waals surface area contributed by atoms with E-state index < -0.39 is 0 Å². The third-order valence-electron chi connectivity index (χ3n) is 5.49. The molecular formula is C14H20O2. The lowest BCUT2D eigenvalue weighted by Crippen LogP contribution is -2.45. The van der Waals surface area contributed by atoms with Gasteiger partial charge in [0, 0.05) is 24.2 Å². The van der Waals surface area contributed by atoms with Crippen molar-refractivity contribution in [1.29, 1.82) is 0 Å². The van der Waals surface area contributed by atoms with E-state index in [2.05, 4.69) is 6.92 Å². The molecular weight excluding hydrogens is 200 g/mol. The maximum absolute atomic E-state index is 12.4. The van der Waals surface area contributed by atoms with Crippen molar-refractivity contribution in [2.24, 2.45) is 16.7 Å². The van der Waals surface area contributed by atoms with E-state index in [-0.39, 0.29) is 16.7 Å². The van der Waals surface area contributed by atoms with Gasteiger partial charge in [0.05, 0.1) is 0 Å². The zero-order valence-electron chi connectivity index (χ0n) is 10.1. The van der Waals surface area contributed by atoms with Crippen molar-refractivity contribution in [3.05, 3.63) is 0 Å². The number of hydrogen-bond acceptors (Lipinski definition) is 2. The first kappa shape index (κ1) is 10.5. The highest BCUT2D eigenvalue weighted by molar-refractivity contribution is 5.91. The minimum Gasteiger partial charge on any atom is -0.300 e. The SMILES string of the molecule is CC12CCC(C1=O)C1(CCCC(=O)C1)CC2. The molecule has 3 aliphatic rings. The van der Waals surface area contributed by atoms with Crippen LogP contribution in [-0.4, -0.2) is 11.6 Å². The lowest BCUT2D eigenvalue weighted by molar-refractivity contribution is -0.141. The fourth-order valence-corrected chi connectivity index (χ4v) is 4.39. The summed E-state index contributed by atoms with van der Waals surface area (Å²) in [6, 6.07) is 0. The minimum absolute atomic E-state index is 0.0313.